The van der Waals surface area contributed by atoms with Crippen LogP contribution in [0.2, 0.25) is 5.02 Å². The largest absolute Gasteiger partial charge is 0.454 e. The van der Waals surface area contributed by atoms with Crippen molar-refractivity contribution in [3.8, 4) is 0 Å². The van der Waals surface area contributed by atoms with Gasteiger partial charge in [0.2, 0.25) is 15.8 Å². The van der Waals surface area contributed by atoms with E-state index in [2.05, 4.69) is 4.72 Å². The second-order valence-electron chi connectivity index (χ2n) is 5.88. The minimum atomic E-state index is -3.83. The van der Waals surface area contributed by atoms with E-state index in [1.807, 2.05) is 25.3 Å². The predicted octanol–water partition coefficient (Wildman–Crippen LogP) is 2.73. The van der Waals surface area contributed by atoms with Crippen LogP contribution in [0.15, 0.2) is 29.2 Å². The molecule has 2 aromatic rings. The summed E-state index contributed by atoms with van der Waals surface area (Å²) in [6.45, 7) is 6.00. The number of ketones is 1. The van der Waals surface area contributed by atoms with Gasteiger partial charge in [0.25, 0.3) is 0 Å². The van der Waals surface area contributed by atoms with Gasteiger partial charge in [0.05, 0.1) is 10.6 Å². The number of carbonyl (C=O) groups excluding carboxylic acids is 2. The molecule has 0 saturated heterocycles. The summed E-state index contributed by atoms with van der Waals surface area (Å²) in [4.78, 5) is 24.4. The monoisotopic (exact) mass is 412 g/mol. The molecule has 27 heavy (non-hydrogen) atoms. The van der Waals surface area contributed by atoms with Crippen molar-refractivity contribution < 1.29 is 22.7 Å². The van der Waals surface area contributed by atoms with Crippen molar-refractivity contribution in [3.05, 3.63) is 51.8 Å². The molecule has 1 aromatic heterocycles. The number of esters is 1. The molecule has 0 amide bonds. The summed E-state index contributed by atoms with van der Waals surface area (Å²) in [7, 11) is -2.59. The maximum atomic E-state index is 12.4. The normalized spacial score (nSPS) is 11.4. The van der Waals surface area contributed by atoms with Crippen molar-refractivity contribution in [1.82, 2.24) is 9.29 Å². The summed E-state index contributed by atoms with van der Waals surface area (Å²) in [6.07, 6.45) is 0. The molecule has 0 aliphatic heterocycles. The molecular weight excluding hydrogens is 392 g/mol. The van der Waals surface area contributed by atoms with Crippen LogP contribution in [0.3, 0.4) is 0 Å². The molecule has 2 rings (SSSR count). The predicted molar refractivity (Wildman–Crippen MR) is 102 cm³/mol. The van der Waals surface area contributed by atoms with Gasteiger partial charge in [-0.2, -0.15) is 0 Å². The summed E-state index contributed by atoms with van der Waals surface area (Å²) >= 11 is 5.89. The zero-order valence-electron chi connectivity index (χ0n) is 15.5. The molecular formula is C18H21ClN2O5S. The van der Waals surface area contributed by atoms with E-state index >= 15 is 0 Å². The van der Waals surface area contributed by atoms with Crippen LogP contribution < -0.4 is 4.72 Å². The van der Waals surface area contributed by atoms with Crippen LogP contribution >= 0.6 is 11.6 Å². The first-order valence-corrected chi connectivity index (χ1v) is 10.1. The Morgan fingerprint density at radius 2 is 1.89 bits per heavy atom. The van der Waals surface area contributed by atoms with Gasteiger partial charge in [-0.15, -0.1) is 0 Å². The van der Waals surface area contributed by atoms with Gasteiger partial charge in [-0.1, -0.05) is 11.6 Å². The number of Topliss-reactive ketones (excluding diaryl/α,β-unsaturated/α-hetero) is 1. The van der Waals surface area contributed by atoms with Crippen LogP contribution in [0.4, 0.5) is 0 Å². The zero-order chi connectivity index (χ0) is 20.4. The molecule has 0 spiro atoms. The molecule has 9 heteroatoms. The van der Waals surface area contributed by atoms with Crippen molar-refractivity contribution in [1.29, 1.82) is 0 Å². The third kappa shape index (κ3) is 4.40. The van der Waals surface area contributed by atoms with Crippen LogP contribution in [-0.4, -0.2) is 38.4 Å². The fraction of sp³-hybridized carbons (Fsp3) is 0.333. The zero-order valence-corrected chi connectivity index (χ0v) is 17.1. The SMILES string of the molecule is CCn1c(C)cc(C(=O)COC(=O)c2ccc(Cl)c(S(=O)(=O)NC)c2)c1C. The highest BCUT2D eigenvalue weighted by molar-refractivity contribution is 7.89. The molecule has 0 aliphatic carbocycles. The first-order chi connectivity index (χ1) is 12.6. The van der Waals surface area contributed by atoms with E-state index in [4.69, 9.17) is 16.3 Å². The van der Waals surface area contributed by atoms with Gasteiger partial charge in [0.1, 0.15) is 4.90 Å². The Morgan fingerprint density at radius 1 is 1.22 bits per heavy atom. The van der Waals surface area contributed by atoms with E-state index in [9.17, 15) is 18.0 Å². The molecule has 0 fully saturated rings. The van der Waals surface area contributed by atoms with Crippen LogP contribution in [0.25, 0.3) is 0 Å². The van der Waals surface area contributed by atoms with Crippen molar-refractivity contribution in [2.75, 3.05) is 13.7 Å². The standard InChI is InChI=1S/C18H21ClN2O5S/c1-5-21-11(2)8-14(12(21)3)16(22)10-26-18(23)13-6-7-15(19)17(9-13)27(24,25)20-4/h6-9,20H,5,10H2,1-4H3. The van der Waals surface area contributed by atoms with Gasteiger partial charge in [-0.3, -0.25) is 4.79 Å². The third-order valence-electron chi connectivity index (χ3n) is 4.25. The number of aryl methyl sites for hydroxylation is 1. The lowest BCUT2D eigenvalue weighted by Gasteiger charge is -2.09. The van der Waals surface area contributed by atoms with E-state index in [-0.39, 0.29) is 21.3 Å². The lowest BCUT2D eigenvalue weighted by molar-refractivity contribution is 0.0474. The molecule has 0 radical (unpaired) electrons. The highest BCUT2D eigenvalue weighted by Crippen LogP contribution is 2.23. The van der Waals surface area contributed by atoms with Crippen molar-refractivity contribution >= 4 is 33.4 Å². The average molecular weight is 413 g/mol. The molecule has 1 aromatic carbocycles. The number of nitrogens with one attached hydrogen (secondary N) is 1. The maximum Gasteiger partial charge on any atom is 0.338 e. The van der Waals surface area contributed by atoms with E-state index in [0.717, 1.165) is 24.0 Å². The molecule has 0 bridgehead atoms. The lowest BCUT2D eigenvalue weighted by Crippen LogP contribution is -2.20. The maximum absolute atomic E-state index is 12.4. The molecule has 0 unspecified atom stereocenters. The van der Waals surface area contributed by atoms with Crippen LogP contribution in [-0.2, 0) is 21.3 Å². The Balaban J connectivity index is 2.17. The Morgan fingerprint density at radius 3 is 2.44 bits per heavy atom. The van der Waals surface area contributed by atoms with E-state index < -0.39 is 22.6 Å². The molecule has 0 aliphatic rings. The van der Waals surface area contributed by atoms with Crippen LogP contribution in [0.1, 0.15) is 39.0 Å². The second kappa shape index (κ2) is 8.24. The topological polar surface area (TPSA) is 94.5 Å². The lowest BCUT2D eigenvalue weighted by atomic mass is 10.1. The van der Waals surface area contributed by atoms with Crippen molar-refractivity contribution in [2.24, 2.45) is 0 Å². The minimum Gasteiger partial charge on any atom is -0.454 e. The fourth-order valence-corrected chi connectivity index (χ4v) is 4.06. The van der Waals surface area contributed by atoms with E-state index in [1.165, 1.54) is 19.2 Å². The summed E-state index contributed by atoms with van der Waals surface area (Å²) in [5.41, 5.74) is 2.24. The van der Waals surface area contributed by atoms with Gasteiger partial charge in [-0.05, 0) is 52.1 Å². The van der Waals surface area contributed by atoms with E-state index in [1.54, 1.807) is 6.07 Å². The first-order valence-electron chi connectivity index (χ1n) is 8.22. The van der Waals surface area contributed by atoms with Gasteiger partial charge >= 0.3 is 5.97 Å². The van der Waals surface area contributed by atoms with Gasteiger partial charge in [0, 0.05) is 23.5 Å². The average Bonchev–Trinajstić information content (AvgIpc) is 2.93. The summed E-state index contributed by atoms with van der Waals surface area (Å²) < 4.78 is 33.1. The number of ether oxygens (including phenoxy) is 1. The summed E-state index contributed by atoms with van der Waals surface area (Å²) in [5.74, 6) is -1.13. The molecule has 0 saturated carbocycles. The summed E-state index contributed by atoms with van der Waals surface area (Å²) in [5, 5.41) is -0.0241. The molecule has 1 N–H and O–H groups in total. The van der Waals surface area contributed by atoms with E-state index in [0.29, 0.717) is 5.56 Å². The Labute approximate surface area is 163 Å². The number of sulfonamides is 1. The highest BCUT2D eigenvalue weighted by atomic mass is 35.5. The highest BCUT2D eigenvalue weighted by Gasteiger charge is 2.21. The number of rotatable bonds is 7. The number of benzene rings is 1. The minimum absolute atomic E-state index is 0.0138. The van der Waals surface area contributed by atoms with Crippen molar-refractivity contribution in [2.45, 2.75) is 32.2 Å². The molecule has 146 valence electrons. The fourth-order valence-electron chi connectivity index (χ4n) is 2.81. The smallest absolute Gasteiger partial charge is 0.338 e. The number of halogens is 1. The van der Waals surface area contributed by atoms with Crippen LogP contribution in [0.5, 0.6) is 0 Å². The first kappa shape index (κ1) is 21.1. The van der Waals surface area contributed by atoms with Gasteiger partial charge in [-0.25, -0.2) is 17.9 Å². The molecule has 1 heterocycles. The molecule has 0 atom stereocenters. The number of carbonyl (C=O) groups is 2. The third-order valence-corrected chi connectivity index (χ3v) is 6.15. The van der Waals surface area contributed by atoms with Crippen LogP contribution in [0, 0.1) is 13.8 Å². The van der Waals surface area contributed by atoms with Gasteiger partial charge in [0.15, 0.2) is 6.61 Å². The Bertz CT molecular complexity index is 995. The van der Waals surface area contributed by atoms with Gasteiger partial charge < -0.3 is 9.30 Å². The number of hydrogen-bond acceptors (Lipinski definition) is 5. The quantitative estimate of drug-likeness (QED) is 0.557. The number of nitrogens with zero attached hydrogens (tertiary/aromatic N) is 1. The van der Waals surface area contributed by atoms with Crippen molar-refractivity contribution in [3.63, 3.8) is 0 Å². The Kier molecular flexibility index (Phi) is 6.46. The number of aromatic nitrogens is 1. The second-order valence-corrected chi connectivity index (χ2v) is 8.14. The summed E-state index contributed by atoms with van der Waals surface area (Å²) in [6, 6.07) is 5.50. The number of hydrogen-bond donors (Lipinski definition) is 1. The molecule has 7 nitrogen and oxygen atoms in total. The Hall–Kier alpha value is -2.16.